The molecule has 8 heteroatoms. The molecule has 0 amide bonds. The van der Waals surface area contributed by atoms with Gasteiger partial charge < -0.3 is 14.2 Å². The highest BCUT2D eigenvalue weighted by Crippen LogP contribution is 2.12. The van der Waals surface area contributed by atoms with Crippen LogP contribution in [0, 0.1) is 5.92 Å². The summed E-state index contributed by atoms with van der Waals surface area (Å²) in [6.45, 7) is 24.6. The summed E-state index contributed by atoms with van der Waals surface area (Å²) < 4.78 is 14.4. The third-order valence-electron chi connectivity index (χ3n) is 5.22. The Morgan fingerprint density at radius 2 is 1.00 bits per heavy atom. The molecule has 0 unspecified atom stereocenters. The Hall–Kier alpha value is -3.23. The number of carbonyl (C=O) groups excluding carboxylic acids is 3. The van der Waals surface area contributed by atoms with E-state index in [4.69, 9.17) is 15.3 Å². The third-order valence-corrected chi connectivity index (χ3v) is 5.22. The first-order valence-corrected chi connectivity index (χ1v) is 14.0. The van der Waals surface area contributed by atoms with Crippen LogP contribution in [0.4, 0.5) is 0 Å². The van der Waals surface area contributed by atoms with Crippen molar-refractivity contribution < 1.29 is 39.1 Å². The van der Waals surface area contributed by atoms with Gasteiger partial charge in [-0.05, 0) is 44.6 Å². The summed E-state index contributed by atoms with van der Waals surface area (Å²) >= 11 is 0. The van der Waals surface area contributed by atoms with E-state index in [2.05, 4.69) is 81.2 Å². The Morgan fingerprint density at radius 1 is 0.634 bits per heavy atom. The van der Waals surface area contributed by atoms with Gasteiger partial charge in [0.05, 0.1) is 6.61 Å². The number of rotatable bonds is 15. The number of unbranched alkanes of at least 4 members (excludes halogenated alkanes) is 4. The lowest BCUT2D eigenvalue weighted by Crippen LogP contribution is -2.14. The topological polar surface area (TPSA) is 119 Å². The molecule has 1 aromatic rings. The fraction of sp³-hybridized carbons (Fsp3) is 0.545. The van der Waals surface area contributed by atoms with Gasteiger partial charge in [-0.3, -0.25) is 10.5 Å². The molecular formula is C33H54O8. The molecule has 41 heavy (non-hydrogen) atoms. The molecule has 0 saturated carbocycles. The van der Waals surface area contributed by atoms with Crippen molar-refractivity contribution in [1.82, 2.24) is 0 Å². The SMILES string of the molecule is C=C(C)C(=O)OCCCCCCCC(C)C.C=C(C)C(=O)OCCOC(=O)C(=C)C.CC(C)c1ccccc1.OO. The Bertz CT molecular complexity index is 844. The Kier molecular flexibility index (Phi) is 29.2. The zero-order chi connectivity index (χ0) is 32.2. The minimum absolute atomic E-state index is 0.0325. The van der Waals surface area contributed by atoms with Crippen molar-refractivity contribution in [2.24, 2.45) is 5.92 Å². The summed E-state index contributed by atoms with van der Waals surface area (Å²) in [6, 6.07) is 10.5. The van der Waals surface area contributed by atoms with E-state index in [1.54, 1.807) is 20.8 Å². The molecule has 0 fully saturated rings. The van der Waals surface area contributed by atoms with Crippen molar-refractivity contribution >= 4 is 17.9 Å². The van der Waals surface area contributed by atoms with E-state index in [0.29, 0.717) is 29.2 Å². The van der Waals surface area contributed by atoms with Crippen LogP contribution >= 0.6 is 0 Å². The number of hydrogen-bond donors (Lipinski definition) is 2. The smallest absolute Gasteiger partial charge is 0.333 e. The van der Waals surface area contributed by atoms with Crippen molar-refractivity contribution in [2.45, 2.75) is 92.9 Å². The van der Waals surface area contributed by atoms with Crippen LogP contribution in [0.15, 0.2) is 66.8 Å². The first kappa shape index (κ1) is 42.2. The van der Waals surface area contributed by atoms with E-state index in [1.807, 2.05) is 6.07 Å². The van der Waals surface area contributed by atoms with E-state index in [0.717, 1.165) is 18.8 Å². The highest BCUT2D eigenvalue weighted by atomic mass is 17.0. The summed E-state index contributed by atoms with van der Waals surface area (Å²) in [5.74, 6) is 0.232. The first-order chi connectivity index (χ1) is 19.3. The van der Waals surface area contributed by atoms with E-state index in [-0.39, 0.29) is 19.2 Å². The van der Waals surface area contributed by atoms with Crippen molar-refractivity contribution in [3.8, 4) is 0 Å². The fourth-order valence-electron chi connectivity index (χ4n) is 2.83. The molecule has 0 aliphatic carbocycles. The number of esters is 3. The van der Waals surface area contributed by atoms with Gasteiger partial charge in [-0.2, -0.15) is 0 Å². The number of ether oxygens (including phenoxy) is 3. The lowest BCUT2D eigenvalue weighted by molar-refractivity contribution is -0.176. The molecule has 0 spiro atoms. The maximum absolute atomic E-state index is 11.0. The van der Waals surface area contributed by atoms with Crippen LogP contribution in [0.25, 0.3) is 0 Å². The first-order valence-electron chi connectivity index (χ1n) is 14.0. The second-order valence-corrected chi connectivity index (χ2v) is 10.3. The standard InChI is InChI=1S/C14H26O2.C10H14O4.C9H12.H2O2/c1-12(2)10-8-6-5-7-9-11-16-14(15)13(3)4;1-7(2)9(11)13-5-6-14-10(12)8(3)4;1-8(2)9-6-4-3-5-7-9;1-2/h12H,3,5-11H2,1-2,4H3;1,3,5-6H2,2,4H3;3-8H,1-2H3;1-2H. The van der Waals surface area contributed by atoms with Crippen molar-refractivity contribution in [2.75, 3.05) is 19.8 Å². The summed E-state index contributed by atoms with van der Waals surface area (Å²) in [5.41, 5.74) is 2.53. The summed E-state index contributed by atoms with van der Waals surface area (Å²) in [7, 11) is 0. The van der Waals surface area contributed by atoms with Crippen LogP contribution in [0.3, 0.4) is 0 Å². The lowest BCUT2D eigenvalue weighted by atomic mass is 10.0. The molecular weight excluding hydrogens is 524 g/mol. The highest BCUT2D eigenvalue weighted by Gasteiger charge is 2.05. The van der Waals surface area contributed by atoms with Gasteiger partial charge in [-0.15, -0.1) is 0 Å². The van der Waals surface area contributed by atoms with E-state index < -0.39 is 11.9 Å². The molecule has 234 valence electrons. The molecule has 1 aromatic carbocycles. The monoisotopic (exact) mass is 578 g/mol. The minimum atomic E-state index is -0.489. The molecule has 0 aliphatic rings. The number of benzene rings is 1. The maximum Gasteiger partial charge on any atom is 0.333 e. The normalized spacial score (nSPS) is 9.54. The molecule has 0 aliphatic heterocycles. The lowest BCUT2D eigenvalue weighted by Gasteiger charge is -2.05. The Morgan fingerprint density at radius 3 is 1.34 bits per heavy atom. The van der Waals surface area contributed by atoms with Crippen LogP contribution in [0.2, 0.25) is 0 Å². The number of hydrogen-bond acceptors (Lipinski definition) is 8. The molecule has 1 rings (SSSR count). The second kappa shape index (κ2) is 28.3. The largest absolute Gasteiger partial charge is 0.462 e. The average Bonchev–Trinajstić information content (AvgIpc) is 2.94. The summed E-state index contributed by atoms with van der Waals surface area (Å²) in [4.78, 5) is 32.7. The average molecular weight is 579 g/mol. The molecule has 8 nitrogen and oxygen atoms in total. The van der Waals surface area contributed by atoms with Gasteiger partial charge in [0.2, 0.25) is 0 Å². The van der Waals surface area contributed by atoms with E-state index in [9.17, 15) is 14.4 Å². The Labute approximate surface area is 248 Å². The van der Waals surface area contributed by atoms with Crippen molar-refractivity contribution in [1.29, 1.82) is 0 Å². The molecule has 0 atom stereocenters. The van der Waals surface area contributed by atoms with Crippen LogP contribution in [-0.4, -0.2) is 48.2 Å². The van der Waals surface area contributed by atoms with Gasteiger partial charge in [0.25, 0.3) is 0 Å². The van der Waals surface area contributed by atoms with Crippen LogP contribution in [0.1, 0.15) is 98.5 Å². The van der Waals surface area contributed by atoms with Crippen LogP contribution < -0.4 is 0 Å². The van der Waals surface area contributed by atoms with Gasteiger partial charge in [0.1, 0.15) is 13.2 Å². The molecule has 0 bridgehead atoms. The highest BCUT2D eigenvalue weighted by molar-refractivity contribution is 5.87. The van der Waals surface area contributed by atoms with Gasteiger partial charge in [0.15, 0.2) is 0 Å². The molecule has 0 radical (unpaired) electrons. The van der Waals surface area contributed by atoms with Gasteiger partial charge in [-0.25, -0.2) is 14.4 Å². The van der Waals surface area contributed by atoms with Gasteiger partial charge in [0, 0.05) is 16.7 Å². The predicted octanol–water partition coefficient (Wildman–Crippen LogP) is 8.15. The second-order valence-electron chi connectivity index (χ2n) is 10.3. The van der Waals surface area contributed by atoms with Gasteiger partial charge in [-0.1, -0.05) is 110 Å². The Balaban J connectivity index is -0.000000528. The summed E-state index contributed by atoms with van der Waals surface area (Å²) in [5, 5.41) is 12.0. The zero-order valence-corrected chi connectivity index (χ0v) is 26.4. The number of carbonyl (C=O) groups is 3. The fourth-order valence-corrected chi connectivity index (χ4v) is 2.83. The van der Waals surface area contributed by atoms with E-state index >= 15 is 0 Å². The predicted molar refractivity (Wildman–Crippen MR) is 166 cm³/mol. The minimum Gasteiger partial charge on any atom is -0.462 e. The van der Waals surface area contributed by atoms with Crippen LogP contribution in [-0.2, 0) is 28.6 Å². The third kappa shape index (κ3) is 29.6. The molecule has 0 saturated heterocycles. The van der Waals surface area contributed by atoms with Gasteiger partial charge >= 0.3 is 17.9 Å². The van der Waals surface area contributed by atoms with E-state index in [1.165, 1.54) is 31.2 Å². The quantitative estimate of drug-likeness (QED) is 0.0534. The molecule has 2 N–H and O–H groups in total. The van der Waals surface area contributed by atoms with Crippen molar-refractivity contribution in [3.05, 3.63) is 72.4 Å². The maximum atomic E-state index is 11.0. The van der Waals surface area contributed by atoms with Crippen LogP contribution in [0.5, 0.6) is 0 Å². The zero-order valence-electron chi connectivity index (χ0n) is 26.4. The summed E-state index contributed by atoms with van der Waals surface area (Å²) in [6.07, 6.45) is 7.32. The molecule has 0 aromatic heterocycles. The van der Waals surface area contributed by atoms with Crippen molar-refractivity contribution in [3.63, 3.8) is 0 Å². The molecule has 0 heterocycles.